The number of nitrogen functional groups attached to an aromatic ring is 1. The number of rotatable bonds is 3. The highest BCUT2D eigenvalue weighted by molar-refractivity contribution is 7.99. The molecule has 0 spiro atoms. The molecule has 6 nitrogen and oxygen atoms in total. The zero-order chi connectivity index (χ0) is 13.2. The van der Waals surface area contributed by atoms with E-state index in [2.05, 4.69) is 44.6 Å². The molecule has 3 aromatic rings. The van der Waals surface area contributed by atoms with Gasteiger partial charge in [-0.2, -0.15) is 10.1 Å². The number of nitrogens with zero attached hydrogens (tertiary/aromatic N) is 3. The molecule has 0 fully saturated rings. The van der Waals surface area contributed by atoms with E-state index < -0.39 is 0 Å². The van der Waals surface area contributed by atoms with Crippen molar-refractivity contribution in [2.45, 2.75) is 16.8 Å². The number of hydrogen-bond acceptors (Lipinski definition) is 6. The molecule has 0 bridgehead atoms. The lowest BCUT2D eigenvalue weighted by molar-refractivity contribution is 1.05. The van der Waals surface area contributed by atoms with Crippen LogP contribution in [-0.4, -0.2) is 20.2 Å². The molecule has 0 radical (unpaired) electrons. The van der Waals surface area contributed by atoms with Gasteiger partial charge in [-0.15, -0.1) is 0 Å². The van der Waals surface area contributed by atoms with E-state index >= 15 is 0 Å². The summed E-state index contributed by atoms with van der Waals surface area (Å²) in [4.78, 5) is 9.73. The van der Waals surface area contributed by atoms with Gasteiger partial charge in [0.1, 0.15) is 5.03 Å². The van der Waals surface area contributed by atoms with Gasteiger partial charge in [0.15, 0.2) is 5.65 Å². The molecular weight excluding hydrogens is 260 g/mol. The molecule has 0 amide bonds. The second-order valence-corrected chi connectivity index (χ2v) is 5.03. The number of fused-ring (bicyclic) bond motifs is 1. The van der Waals surface area contributed by atoms with Crippen LogP contribution in [0, 0.1) is 6.92 Å². The molecule has 2 aromatic heterocycles. The first-order valence-electron chi connectivity index (χ1n) is 5.69. The summed E-state index contributed by atoms with van der Waals surface area (Å²) in [5.41, 5.74) is 4.33. The number of H-pyrrole nitrogens is 1. The Morgan fingerprint density at radius 2 is 2.11 bits per heavy atom. The highest BCUT2D eigenvalue weighted by atomic mass is 32.2. The van der Waals surface area contributed by atoms with E-state index in [1.165, 1.54) is 5.56 Å². The predicted octanol–water partition coefficient (Wildman–Crippen LogP) is 2.10. The fraction of sp³-hybridized carbons (Fsp3) is 0.0833. The largest absolute Gasteiger partial charge is 0.292 e. The summed E-state index contributed by atoms with van der Waals surface area (Å²) in [5.74, 6) is 5.75. The lowest BCUT2D eigenvalue weighted by atomic mass is 10.2. The van der Waals surface area contributed by atoms with Crippen molar-refractivity contribution in [2.24, 2.45) is 5.84 Å². The SMILES string of the molecule is Cc1ccccc1Sc1nc(NN)nc2[nH]ncc12. The standard InChI is InChI=1S/C12H12N6S/c1-7-4-2-3-5-9(7)19-11-8-6-14-18-10(8)15-12(16-11)17-13/h2-6H,13H2,1H3,(H2,14,15,16,17,18). The number of hydrogen-bond donors (Lipinski definition) is 3. The summed E-state index contributed by atoms with van der Waals surface area (Å²) in [6.45, 7) is 2.07. The normalized spacial score (nSPS) is 10.8. The third-order valence-electron chi connectivity index (χ3n) is 2.70. The van der Waals surface area contributed by atoms with Crippen LogP contribution < -0.4 is 11.3 Å². The van der Waals surface area contributed by atoms with Gasteiger partial charge in [0.2, 0.25) is 5.95 Å². The molecule has 0 saturated carbocycles. The van der Waals surface area contributed by atoms with E-state index in [4.69, 9.17) is 5.84 Å². The van der Waals surface area contributed by atoms with Crippen LogP contribution in [0.4, 0.5) is 5.95 Å². The zero-order valence-corrected chi connectivity index (χ0v) is 11.0. The number of aromatic amines is 1. The molecule has 3 rings (SSSR count). The van der Waals surface area contributed by atoms with E-state index in [-0.39, 0.29) is 0 Å². The van der Waals surface area contributed by atoms with E-state index in [0.717, 1.165) is 15.3 Å². The molecule has 0 unspecified atom stereocenters. The van der Waals surface area contributed by atoms with Crippen LogP contribution in [0.15, 0.2) is 40.4 Å². The molecule has 4 N–H and O–H groups in total. The van der Waals surface area contributed by atoms with Crippen molar-refractivity contribution in [3.63, 3.8) is 0 Å². The third-order valence-corrected chi connectivity index (χ3v) is 3.89. The Bertz CT molecular complexity index is 723. The topological polar surface area (TPSA) is 92.5 Å². The summed E-state index contributed by atoms with van der Waals surface area (Å²) in [6.07, 6.45) is 1.72. The van der Waals surface area contributed by atoms with Gasteiger partial charge in [0.05, 0.1) is 11.6 Å². The summed E-state index contributed by atoms with van der Waals surface area (Å²) < 4.78 is 0. The Balaban J connectivity index is 2.09. The van der Waals surface area contributed by atoms with Gasteiger partial charge in [-0.05, 0) is 18.6 Å². The molecule has 19 heavy (non-hydrogen) atoms. The Labute approximate surface area is 113 Å². The zero-order valence-electron chi connectivity index (χ0n) is 10.2. The molecule has 2 heterocycles. The molecule has 7 heteroatoms. The maximum absolute atomic E-state index is 5.38. The van der Waals surface area contributed by atoms with Crippen molar-refractivity contribution in [3.8, 4) is 0 Å². The summed E-state index contributed by atoms with van der Waals surface area (Å²) in [5, 5.41) is 8.52. The number of aryl methyl sites for hydroxylation is 1. The Hall–Kier alpha value is -2.12. The highest BCUT2D eigenvalue weighted by Crippen LogP contribution is 2.33. The van der Waals surface area contributed by atoms with Crippen LogP contribution in [0.1, 0.15) is 5.56 Å². The molecular formula is C12H12N6S. The molecule has 1 aromatic carbocycles. The minimum atomic E-state index is 0.368. The second kappa shape index (κ2) is 4.87. The first kappa shape index (κ1) is 11.9. The van der Waals surface area contributed by atoms with E-state index in [0.29, 0.717) is 11.6 Å². The maximum atomic E-state index is 5.38. The Kier molecular flexibility index (Phi) is 3.06. The van der Waals surface area contributed by atoms with Crippen molar-refractivity contribution < 1.29 is 0 Å². The molecule has 0 aliphatic heterocycles. The van der Waals surface area contributed by atoms with Gasteiger partial charge >= 0.3 is 0 Å². The molecule has 96 valence electrons. The van der Waals surface area contributed by atoms with Crippen LogP contribution in [0.3, 0.4) is 0 Å². The van der Waals surface area contributed by atoms with Gasteiger partial charge in [0.25, 0.3) is 0 Å². The fourth-order valence-electron chi connectivity index (χ4n) is 1.73. The smallest absolute Gasteiger partial charge is 0.240 e. The van der Waals surface area contributed by atoms with Crippen molar-refractivity contribution >= 4 is 28.7 Å². The van der Waals surface area contributed by atoms with Crippen LogP contribution >= 0.6 is 11.8 Å². The van der Waals surface area contributed by atoms with E-state index in [1.807, 2.05) is 12.1 Å². The molecule has 0 saturated heterocycles. The fourth-order valence-corrected chi connectivity index (χ4v) is 2.70. The van der Waals surface area contributed by atoms with Crippen molar-refractivity contribution in [3.05, 3.63) is 36.0 Å². The third kappa shape index (κ3) is 2.25. The Morgan fingerprint density at radius 3 is 2.89 bits per heavy atom. The van der Waals surface area contributed by atoms with Crippen LogP contribution in [0.25, 0.3) is 11.0 Å². The van der Waals surface area contributed by atoms with Crippen molar-refractivity contribution in [2.75, 3.05) is 5.43 Å². The van der Waals surface area contributed by atoms with Crippen molar-refractivity contribution in [1.82, 2.24) is 20.2 Å². The monoisotopic (exact) mass is 272 g/mol. The molecule has 0 aliphatic rings. The summed E-state index contributed by atoms with van der Waals surface area (Å²) in [6, 6.07) is 8.15. The van der Waals surface area contributed by atoms with E-state index in [9.17, 15) is 0 Å². The first-order valence-corrected chi connectivity index (χ1v) is 6.51. The summed E-state index contributed by atoms with van der Waals surface area (Å²) in [7, 11) is 0. The van der Waals surface area contributed by atoms with Gasteiger partial charge in [-0.1, -0.05) is 30.0 Å². The van der Waals surface area contributed by atoms with Gasteiger partial charge in [0, 0.05) is 4.90 Å². The minimum absolute atomic E-state index is 0.368. The molecule has 0 aliphatic carbocycles. The number of aromatic nitrogens is 4. The second-order valence-electron chi connectivity index (χ2n) is 4.00. The number of anilines is 1. The molecule has 0 atom stereocenters. The minimum Gasteiger partial charge on any atom is -0.292 e. The lowest BCUT2D eigenvalue weighted by Crippen LogP contribution is -2.10. The quantitative estimate of drug-likeness (QED) is 0.384. The highest BCUT2D eigenvalue weighted by Gasteiger charge is 2.11. The van der Waals surface area contributed by atoms with Crippen LogP contribution in [0.5, 0.6) is 0 Å². The maximum Gasteiger partial charge on any atom is 0.240 e. The average Bonchev–Trinajstić information content (AvgIpc) is 2.89. The summed E-state index contributed by atoms with van der Waals surface area (Å²) >= 11 is 1.57. The number of benzene rings is 1. The number of nitrogens with one attached hydrogen (secondary N) is 2. The predicted molar refractivity (Wildman–Crippen MR) is 74.8 cm³/mol. The van der Waals surface area contributed by atoms with Crippen LogP contribution in [-0.2, 0) is 0 Å². The average molecular weight is 272 g/mol. The van der Waals surface area contributed by atoms with Gasteiger partial charge in [-0.25, -0.2) is 10.8 Å². The number of hydrazine groups is 1. The van der Waals surface area contributed by atoms with Crippen molar-refractivity contribution in [1.29, 1.82) is 0 Å². The van der Waals surface area contributed by atoms with Gasteiger partial charge < -0.3 is 0 Å². The van der Waals surface area contributed by atoms with Gasteiger partial charge in [-0.3, -0.25) is 10.5 Å². The lowest BCUT2D eigenvalue weighted by Gasteiger charge is -2.06. The first-order chi connectivity index (χ1) is 9.28. The number of nitrogens with two attached hydrogens (primary N) is 1. The van der Waals surface area contributed by atoms with Crippen LogP contribution in [0.2, 0.25) is 0 Å². The van der Waals surface area contributed by atoms with E-state index in [1.54, 1.807) is 18.0 Å². The Morgan fingerprint density at radius 1 is 1.26 bits per heavy atom.